The molecule has 0 unspecified atom stereocenters. The van der Waals surface area contributed by atoms with Crippen molar-refractivity contribution in [3.63, 3.8) is 0 Å². The standard InChI is InChI=1S/C56H39N/c1-55(2)46-23-10-5-19-41(46)44-33-32-39(35-51(44)55)57(52-28-14-9-18-40(52)38-31-30-36-16-3-4-17-37(36)34-38)53-29-15-27-50-54(53)45-22-8-13-26-49(45)56(50)47-24-11-6-20-42(47)43-21-7-12-25-48(43)56/h3-35H,1-2H3. The maximum Gasteiger partial charge on any atom is 0.0726 e. The molecule has 268 valence electrons. The Morgan fingerprint density at radius 2 is 0.842 bits per heavy atom. The lowest BCUT2D eigenvalue weighted by Gasteiger charge is -2.33. The number of hydrogen-bond donors (Lipinski definition) is 0. The fourth-order valence-corrected chi connectivity index (χ4v) is 10.8. The van der Waals surface area contributed by atoms with Crippen molar-refractivity contribution in [1.82, 2.24) is 0 Å². The van der Waals surface area contributed by atoms with Crippen LogP contribution in [0.4, 0.5) is 17.1 Å². The van der Waals surface area contributed by atoms with Gasteiger partial charge in [-0.15, -0.1) is 0 Å². The highest BCUT2D eigenvalue weighted by Gasteiger charge is 2.52. The zero-order valence-corrected chi connectivity index (χ0v) is 32.0. The number of hydrogen-bond acceptors (Lipinski definition) is 1. The van der Waals surface area contributed by atoms with Crippen molar-refractivity contribution in [1.29, 1.82) is 0 Å². The summed E-state index contributed by atoms with van der Waals surface area (Å²) in [5.41, 5.74) is 21.3. The SMILES string of the molecule is CC1(C)c2ccccc2-c2ccc(N(c3ccccc3-c3ccc4ccccc4c3)c3cccc4c3-c3ccccc3C43c4ccccc4-c4ccccc43)cc21. The van der Waals surface area contributed by atoms with Crippen LogP contribution < -0.4 is 4.90 Å². The summed E-state index contributed by atoms with van der Waals surface area (Å²) in [5.74, 6) is 0. The minimum Gasteiger partial charge on any atom is -0.309 e. The number of rotatable bonds is 4. The van der Waals surface area contributed by atoms with Gasteiger partial charge in [0.1, 0.15) is 0 Å². The van der Waals surface area contributed by atoms with Gasteiger partial charge in [0.25, 0.3) is 0 Å². The first-order valence-corrected chi connectivity index (χ1v) is 20.1. The summed E-state index contributed by atoms with van der Waals surface area (Å²) in [7, 11) is 0. The van der Waals surface area contributed by atoms with E-state index in [1.54, 1.807) is 0 Å². The van der Waals surface area contributed by atoms with E-state index >= 15 is 0 Å². The third-order valence-electron chi connectivity index (χ3n) is 13.3. The van der Waals surface area contributed by atoms with Crippen molar-refractivity contribution < 1.29 is 0 Å². The Morgan fingerprint density at radius 1 is 0.333 bits per heavy atom. The summed E-state index contributed by atoms with van der Waals surface area (Å²) < 4.78 is 0. The summed E-state index contributed by atoms with van der Waals surface area (Å²) >= 11 is 0. The van der Waals surface area contributed by atoms with Crippen LogP contribution in [0.15, 0.2) is 200 Å². The van der Waals surface area contributed by atoms with Gasteiger partial charge in [0, 0.05) is 22.2 Å². The Hall–Kier alpha value is -6.96. The molecule has 0 amide bonds. The molecule has 0 heterocycles. The van der Waals surface area contributed by atoms with E-state index in [0.29, 0.717) is 0 Å². The van der Waals surface area contributed by atoms with Crippen LogP contribution in [0.5, 0.6) is 0 Å². The molecule has 0 fully saturated rings. The van der Waals surface area contributed by atoms with Gasteiger partial charge in [0.05, 0.1) is 16.8 Å². The molecule has 0 aliphatic heterocycles. The zero-order valence-electron chi connectivity index (χ0n) is 32.0. The number of anilines is 3. The van der Waals surface area contributed by atoms with E-state index < -0.39 is 5.41 Å². The zero-order chi connectivity index (χ0) is 37.9. The molecule has 9 aromatic rings. The molecule has 9 aromatic carbocycles. The molecule has 0 N–H and O–H groups in total. The van der Waals surface area contributed by atoms with Crippen molar-refractivity contribution in [2.24, 2.45) is 0 Å². The minimum atomic E-state index is -0.430. The largest absolute Gasteiger partial charge is 0.309 e. The topological polar surface area (TPSA) is 3.24 Å². The van der Waals surface area contributed by atoms with Crippen LogP contribution in [0.25, 0.3) is 55.3 Å². The molecule has 3 aliphatic carbocycles. The van der Waals surface area contributed by atoms with E-state index in [4.69, 9.17) is 0 Å². The van der Waals surface area contributed by atoms with Crippen LogP contribution in [0.3, 0.4) is 0 Å². The Morgan fingerprint density at radius 3 is 1.56 bits per heavy atom. The molecule has 12 rings (SSSR count). The first-order chi connectivity index (χ1) is 28.0. The summed E-state index contributed by atoms with van der Waals surface area (Å²) in [6, 6.07) is 75.0. The number of fused-ring (bicyclic) bond motifs is 14. The molecule has 1 nitrogen and oxygen atoms in total. The predicted octanol–water partition coefficient (Wildman–Crippen LogP) is 14.6. The fraction of sp³-hybridized carbons (Fsp3) is 0.0714. The van der Waals surface area contributed by atoms with Crippen LogP contribution in [-0.2, 0) is 10.8 Å². The molecule has 3 aliphatic rings. The van der Waals surface area contributed by atoms with Gasteiger partial charge < -0.3 is 4.90 Å². The number of nitrogens with zero attached hydrogens (tertiary/aromatic N) is 1. The van der Waals surface area contributed by atoms with Gasteiger partial charge >= 0.3 is 0 Å². The first kappa shape index (κ1) is 32.3. The predicted molar refractivity (Wildman–Crippen MR) is 238 cm³/mol. The maximum absolute atomic E-state index is 2.56. The summed E-state index contributed by atoms with van der Waals surface area (Å²) in [5, 5.41) is 2.49. The van der Waals surface area contributed by atoms with E-state index in [-0.39, 0.29) is 5.41 Å². The highest BCUT2D eigenvalue weighted by molar-refractivity contribution is 6.03. The van der Waals surface area contributed by atoms with Crippen molar-refractivity contribution in [3.05, 3.63) is 234 Å². The second kappa shape index (κ2) is 11.8. The summed E-state index contributed by atoms with van der Waals surface area (Å²) in [6.45, 7) is 4.76. The lowest BCUT2D eigenvalue weighted by molar-refractivity contribution is 0.660. The third-order valence-corrected chi connectivity index (χ3v) is 13.3. The molecular formula is C56H39N. The average Bonchev–Trinajstić information content (AvgIpc) is 3.83. The fourth-order valence-electron chi connectivity index (χ4n) is 10.8. The van der Waals surface area contributed by atoms with Crippen molar-refractivity contribution >= 4 is 27.8 Å². The first-order valence-electron chi connectivity index (χ1n) is 20.1. The van der Waals surface area contributed by atoms with Crippen molar-refractivity contribution in [2.45, 2.75) is 24.7 Å². The van der Waals surface area contributed by atoms with Gasteiger partial charge in [0.15, 0.2) is 0 Å². The third kappa shape index (κ3) is 4.29. The van der Waals surface area contributed by atoms with E-state index in [1.807, 2.05) is 0 Å². The quantitative estimate of drug-likeness (QED) is 0.175. The molecule has 57 heavy (non-hydrogen) atoms. The molecule has 0 radical (unpaired) electrons. The average molecular weight is 726 g/mol. The van der Waals surface area contributed by atoms with Gasteiger partial charge in [0.2, 0.25) is 0 Å². The van der Waals surface area contributed by atoms with Gasteiger partial charge in [-0.25, -0.2) is 0 Å². The Bertz CT molecular complexity index is 3080. The molecule has 0 aromatic heterocycles. The normalized spacial score (nSPS) is 14.4. The second-order valence-corrected chi connectivity index (χ2v) is 16.4. The van der Waals surface area contributed by atoms with Gasteiger partial charge in [-0.05, 0) is 108 Å². The van der Waals surface area contributed by atoms with Gasteiger partial charge in [-0.2, -0.15) is 0 Å². The second-order valence-electron chi connectivity index (χ2n) is 16.4. The smallest absolute Gasteiger partial charge is 0.0726 e. The van der Waals surface area contributed by atoms with Crippen LogP contribution in [0, 0.1) is 0 Å². The van der Waals surface area contributed by atoms with Crippen LogP contribution in [-0.4, -0.2) is 0 Å². The maximum atomic E-state index is 2.56. The molecule has 0 atom stereocenters. The summed E-state index contributed by atoms with van der Waals surface area (Å²) in [4.78, 5) is 2.56. The Labute approximate surface area is 334 Å². The Kier molecular flexibility index (Phi) is 6.67. The highest BCUT2D eigenvalue weighted by atomic mass is 15.1. The van der Waals surface area contributed by atoms with Crippen LogP contribution >= 0.6 is 0 Å². The lowest BCUT2D eigenvalue weighted by atomic mass is 9.70. The van der Waals surface area contributed by atoms with E-state index in [2.05, 4.69) is 219 Å². The molecule has 0 saturated heterocycles. The van der Waals surface area contributed by atoms with E-state index in [1.165, 1.54) is 94.3 Å². The van der Waals surface area contributed by atoms with E-state index in [9.17, 15) is 0 Å². The summed E-state index contributed by atoms with van der Waals surface area (Å²) in [6.07, 6.45) is 0. The minimum absolute atomic E-state index is 0.141. The number of para-hydroxylation sites is 1. The molecule has 1 spiro atoms. The van der Waals surface area contributed by atoms with Crippen molar-refractivity contribution in [3.8, 4) is 44.5 Å². The number of benzene rings is 9. The van der Waals surface area contributed by atoms with Crippen LogP contribution in [0.2, 0.25) is 0 Å². The monoisotopic (exact) mass is 725 g/mol. The molecule has 1 heteroatoms. The van der Waals surface area contributed by atoms with Gasteiger partial charge in [-0.3, -0.25) is 0 Å². The molecule has 0 bridgehead atoms. The van der Waals surface area contributed by atoms with Gasteiger partial charge in [-0.1, -0.05) is 184 Å². The molecular weight excluding hydrogens is 687 g/mol. The lowest BCUT2D eigenvalue weighted by Crippen LogP contribution is -2.26. The van der Waals surface area contributed by atoms with Crippen LogP contribution in [0.1, 0.15) is 47.2 Å². The van der Waals surface area contributed by atoms with E-state index in [0.717, 1.165) is 11.4 Å². The van der Waals surface area contributed by atoms with Crippen molar-refractivity contribution in [2.75, 3.05) is 4.90 Å². The molecule has 0 saturated carbocycles. The highest BCUT2D eigenvalue weighted by Crippen LogP contribution is 2.65. The Balaban J connectivity index is 1.17.